The molecule has 94 valence electrons. The van der Waals surface area contributed by atoms with E-state index in [-0.39, 0.29) is 11.7 Å². The minimum Gasteiger partial charge on any atom is -0.464 e. The van der Waals surface area contributed by atoms with Crippen molar-refractivity contribution in [3.05, 3.63) is 18.1 Å². The molecule has 1 aromatic heterocycles. The summed E-state index contributed by atoms with van der Waals surface area (Å²) in [5.41, 5.74) is 0.157. The predicted octanol–water partition coefficient (Wildman–Crippen LogP) is 0.442. The van der Waals surface area contributed by atoms with Crippen LogP contribution in [0.4, 0.5) is 5.82 Å². The lowest BCUT2D eigenvalue weighted by Gasteiger charge is -2.12. The predicted molar refractivity (Wildman–Crippen MR) is 65.4 cm³/mol. The van der Waals surface area contributed by atoms with Crippen LogP contribution in [0.5, 0.6) is 0 Å². The molecule has 0 fully saturated rings. The molecule has 17 heavy (non-hydrogen) atoms. The van der Waals surface area contributed by atoms with Gasteiger partial charge in [0.25, 0.3) is 0 Å². The van der Waals surface area contributed by atoms with Gasteiger partial charge in [0.15, 0.2) is 5.69 Å². The maximum absolute atomic E-state index is 11.1. The van der Waals surface area contributed by atoms with Crippen LogP contribution in [0.3, 0.4) is 0 Å². The molecule has 0 aliphatic rings. The fourth-order valence-electron chi connectivity index (χ4n) is 1.26. The topological polar surface area (TPSA) is 81.2 Å². The van der Waals surface area contributed by atoms with E-state index in [0.717, 1.165) is 0 Å². The number of esters is 1. The van der Waals surface area contributed by atoms with Crippen LogP contribution < -0.4 is 5.32 Å². The Balaban J connectivity index is 2.62. The van der Waals surface area contributed by atoms with Crippen LogP contribution in [0.1, 0.15) is 17.4 Å². The number of ether oxygens (including phenoxy) is 1. The summed E-state index contributed by atoms with van der Waals surface area (Å²) in [5.74, 6) is 0.544. The van der Waals surface area contributed by atoms with E-state index in [1.54, 1.807) is 6.26 Å². The zero-order valence-corrected chi connectivity index (χ0v) is 10.8. The van der Waals surface area contributed by atoms with Gasteiger partial charge in [0.1, 0.15) is 5.82 Å². The van der Waals surface area contributed by atoms with Crippen molar-refractivity contribution in [3.63, 3.8) is 0 Å². The third-order valence-corrected chi connectivity index (χ3v) is 2.89. The normalized spacial score (nSPS) is 13.8. The molecule has 7 heteroatoms. The van der Waals surface area contributed by atoms with E-state index in [2.05, 4.69) is 20.0 Å². The number of hydrogen-bond donors (Lipinski definition) is 1. The number of nitrogens with zero attached hydrogens (tertiary/aromatic N) is 2. The SMILES string of the molecule is COC(=O)c1cnc(NC(C)CS(C)=O)cn1. The van der Waals surface area contributed by atoms with Crippen molar-refractivity contribution < 1.29 is 13.7 Å². The van der Waals surface area contributed by atoms with Gasteiger partial charge >= 0.3 is 5.97 Å². The fourth-order valence-corrected chi connectivity index (χ4v) is 2.05. The molecule has 1 N–H and O–H groups in total. The van der Waals surface area contributed by atoms with Crippen LogP contribution in [0.25, 0.3) is 0 Å². The highest BCUT2D eigenvalue weighted by Gasteiger charge is 2.09. The van der Waals surface area contributed by atoms with E-state index in [4.69, 9.17) is 0 Å². The second-order valence-electron chi connectivity index (χ2n) is 3.56. The summed E-state index contributed by atoms with van der Waals surface area (Å²) in [6.45, 7) is 1.90. The number of carbonyl (C=O) groups excluding carboxylic acids is 1. The van der Waals surface area contributed by atoms with Gasteiger partial charge in [0.05, 0.1) is 19.5 Å². The molecule has 0 saturated carbocycles. The lowest BCUT2D eigenvalue weighted by molar-refractivity contribution is 0.0593. The smallest absolute Gasteiger partial charge is 0.358 e. The number of nitrogens with one attached hydrogen (secondary N) is 1. The standard InChI is InChI=1S/C10H15N3O3S/c1-7(6-17(3)15)13-9-5-11-8(4-12-9)10(14)16-2/h4-5,7H,6H2,1-3H3,(H,12,13). The Hall–Kier alpha value is -1.50. The van der Waals surface area contributed by atoms with Crippen molar-refractivity contribution in [3.8, 4) is 0 Å². The highest BCUT2D eigenvalue weighted by Crippen LogP contribution is 2.04. The molecule has 1 aromatic rings. The number of aromatic nitrogens is 2. The molecule has 0 aliphatic heterocycles. The Kier molecular flexibility index (Phi) is 5.02. The molecule has 2 unspecified atom stereocenters. The van der Waals surface area contributed by atoms with Gasteiger partial charge < -0.3 is 10.1 Å². The largest absolute Gasteiger partial charge is 0.464 e. The summed E-state index contributed by atoms with van der Waals surface area (Å²) >= 11 is 0. The molecule has 1 rings (SSSR count). The number of rotatable bonds is 5. The van der Waals surface area contributed by atoms with E-state index < -0.39 is 16.8 Å². The first-order valence-corrected chi connectivity index (χ1v) is 6.72. The first-order chi connectivity index (χ1) is 8.02. The van der Waals surface area contributed by atoms with Crippen molar-refractivity contribution in [1.82, 2.24) is 9.97 Å². The second-order valence-corrected chi connectivity index (χ2v) is 5.04. The van der Waals surface area contributed by atoms with Crippen LogP contribution in [-0.2, 0) is 15.5 Å². The molecule has 2 atom stereocenters. The fraction of sp³-hybridized carbons (Fsp3) is 0.500. The number of anilines is 1. The van der Waals surface area contributed by atoms with Crippen LogP contribution in [0, 0.1) is 0 Å². The van der Waals surface area contributed by atoms with Crippen molar-refractivity contribution in [1.29, 1.82) is 0 Å². The average Bonchev–Trinajstić information content (AvgIpc) is 2.28. The lowest BCUT2D eigenvalue weighted by Crippen LogP contribution is -2.23. The maximum Gasteiger partial charge on any atom is 0.358 e. The molecular weight excluding hydrogens is 242 g/mol. The first-order valence-electron chi connectivity index (χ1n) is 5.00. The lowest BCUT2D eigenvalue weighted by atomic mass is 10.4. The van der Waals surface area contributed by atoms with Crippen molar-refractivity contribution in [2.45, 2.75) is 13.0 Å². The summed E-state index contributed by atoms with van der Waals surface area (Å²) in [4.78, 5) is 19.0. The highest BCUT2D eigenvalue weighted by molar-refractivity contribution is 7.84. The van der Waals surface area contributed by atoms with Gasteiger partial charge in [-0.25, -0.2) is 14.8 Å². The highest BCUT2D eigenvalue weighted by atomic mass is 32.2. The van der Waals surface area contributed by atoms with E-state index >= 15 is 0 Å². The quantitative estimate of drug-likeness (QED) is 0.771. The van der Waals surface area contributed by atoms with E-state index in [1.807, 2.05) is 6.92 Å². The molecule has 0 aliphatic carbocycles. The Morgan fingerprint density at radius 1 is 1.53 bits per heavy atom. The third-order valence-electron chi connectivity index (χ3n) is 1.93. The summed E-state index contributed by atoms with van der Waals surface area (Å²) in [7, 11) is 0.419. The molecule has 0 saturated heterocycles. The van der Waals surface area contributed by atoms with Gasteiger partial charge in [0.2, 0.25) is 0 Å². The number of carbonyl (C=O) groups is 1. The molecule has 6 nitrogen and oxygen atoms in total. The zero-order valence-electron chi connectivity index (χ0n) is 9.97. The van der Waals surface area contributed by atoms with Crippen molar-refractivity contribution in [2.24, 2.45) is 0 Å². The van der Waals surface area contributed by atoms with Crippen LogP contribution >= 0.6 is 0 Å². The van der Waals surface area contributed by atoms with Gasteiger partial charge in [-0.3, -0.25) is 4.21 Å². The molecule has 0 spiro atoms. The minimum absolute atomic E-state index is 0.0270. The molecule has 0 bridgehead atoms. The minimum atomic E-state index is -0.867. The molecule has 0 radical (unpaired) electrons. The Morgan fingerprint density at radius 2 is 2.24 bits per heavy atom. The van der Waals surface area contributed by atoms with Gasteiger partial charge in [-0.2, -0.15) is 0 Å². The summed E-state index contributed by atoms with van der Waals surface area (Å²) < 4.78 is 15.5. The number of methoxy groups -OCH3 is 1. The van der Waals surface area contributed by atoms with Gasteiger partial charge in [-0.15, -0.1) is 0 Å². The Morgan fingerprint density at radius 3 is 2.71 bits per heavy atom. The molecule has 0 amide bonds. The summed E-state index contributed by atoms with van der Waals surface area (Å²) in [6, 6.07) is 0.0270. The number of hydrogen-bond acceptors (Lipinski definition) is 6. The van der Waals surface area contributed by atoms with Gasteiger partial charge in [-0.05, 0) is 6.92 Å². The average molecular weight is 257 g/mol. The summed E-state index contributed by atoms with van der Waals surface area (Å²) in [5, 5.41) is 3.04. The molecule has 1 heterocycles. The van der Waals surface area contributed by atoms with E-state index in [0.29, 0.717) is 11.6 Å². The van der Waals surface area contributed by atoms with Gasteiger partial charge in [-0.1, -0.05) is 0 Å². The summed E-state index contributed by atoms with van der Waals surface area (Å²) in [6.07, 6.45) is 4.43. The monoisotopic (exact) mass is 257 g/mol. The first kappa shape index (κ1) is 13.6. The van der Waals surface area contributed by atoms with Crippen LogP contribution in [0.2, 0.25) is 0 Å². The van der Waals surface area contributed by atoms with E-state index in [9.17, 15) is 9.00 Å². The van der Waals surface area contributed by atoms with Crippen molar-refractivity contribution >= 4 is 22.6 Å². The Labute approximate surface area is 102 Å². The Bertz CT molecular complexity index is 408. The molecular formula is C10H15N3O3S. The van der Waals surface area contributed by atoms with E-state index in [1.165, 1.54) is 19.5 Å². The second kappa shape index (κ2) is 6.29. The van der Waals surface area contributed by atoms with Crippen LogP contribution in [-0.4, -0.2) is 45.3 Å². The van der Waals surface area contributed by atoms with Crippen molar-refractivity contribution in [2.75, 3.05) is 24.4 Å². The third kappa shape index (κ3) is 4.48. The molecule has 0 aromatic carbocycles. The van der Waals surface area contributed by atoms with Crippen LogP contribution in [0.15, 0.2) is 12.4 Å². The van der Waals surface area contributed by atoms with Gasteiger partial charge in [0, 0.05) is 28.9 Å². The maximum atomic E-state index is 11.1. The zero-order chi connectivity index (χ0) is 12.8.